The van der Waals surface area contributed by atoms with Gasteiger partial charge in [-0.3, -0.25) is 4.57 Å². The third-order valence-electron chi connectivity index (χ3n) is 7.90. The lowest BCUT2D eigenvalue weighted by molar-refractivity contribution is 1.11. The number of nitrogens with zero attached hydrogens (tertiary/aromatic N) is 3. The number of thiophene rings is 1. The SMILES string of the molecule is Cc1nc2nc(-c3ccc(C)c4c3sc3cc(-c5ccccc5)ccc34)n(-c3ccccc3)c2c2ccccc12. The molecule has 0 aliphatic heterocycles. The number of hydrogen-bond acceptors (Lipinski definition) is 3. The minimum atomic E-state index is 0.774. The Labute approximate surface area is 236 Å². The van der Waals surface area contributed by atoms with Gasteiger partial charge < -0.3 is 0 Å². The van der Waals surface area contributed by atoms with Crippen molar-refractivity contribution in [2.24, 2.45) is 0 Å². The van der Waals surface area contributed by atoms with E-state index >= 15 is 0 Å². The Morgan fingerprint density at radius 3 is 2.15 bits per heavy atom. The van der Waals surface area contributed by atoms with Gasteiger partial charge in [0.05, 0.1) is 0 Å². The Hall–Kier alpha value is -4.80. The van der Waals surface area contributed by atoms with Crippen molar-refractivity contribution < 1.29 is 0 Å². The molecule has 3 heterocycles. The van der Waals surface area contributed by atoms with Crippen LogP contribution in [-0.4, -0.2) is 14.5 Å². The van der Waals surface area contributed by atoms with Gasteiger partial charge in [-0.2, -0.15) is 0 Å². The van der Waals surface area contributed by atoms with Crippen molar-refractivity contribution in [3.8, 4) is 28.2 Å². The zero-order valence-corrected chi connectivity index (χ0v) is 23.0. The van der Waals surface area contributed by atoms with Crippen molar-refractivity contribution in [1.82, 2.24) is 14.5 Å². The summed E-state index contributed by atoms with van der Waals surface area (Å²) in [6, 6.07) is 41.0. The monoisotopic (exact) mass is 531 g/mol. The highest BCUT2D eigenvalue weighted by Gasteiger charge is 2.22. The van der Waals surface area contributed by atoms with Crippen molar-refractivity contribution in [2.75, 3.05) is 0 Å². The van der Waals surface area contributed by atoms with Gasteiger partial charge in [0.15, 0.2) is 5.65 Å². The minimum Gasteiger partial charge on any atom is -0.290 e. The van der Waals surface area contributed by atoms with Crippen molar-refractivity contribution >= 4 is 53.4 Å². The summed E-state index contributed by atoms with van der Waals surface area (Å²) in [6.45, 7) is 4.28. The molecule has 190 valence electrons. The Morgan fingerprint density at radius 2 is 1.35 bits per heavy atom. The van der Waals surface area contributed by atoms with Gasteiger partial charge in [0, 0.05) is 47.9 Å². The van der Waals surface area contributed by atoms with Gasteiger partial charge >= 0.3 is 0 Å². The molecule has 8 aromatic rings. The summed E-state index contributed by atoms with van der Waals surface area (Å²) in [5, 5.41) is 4.92. The Balaban J connectivity index is 1.47. The van der Waals surface area contributed by atoms with E-state index in [2.05, 4.69) is 134 Å². The molecular formula is C36H25N3S. The van der Waals surface area contributed by atoms with E-state index in [0.29, 0.717) is 0 Å². The molecule has 0 saturated carbocycles. The third kappa shape index (κ3) is 3.43. The maximum atomic E-state index is 5.24. The molecule has 0 radical (unpaired) electrons. The molecule has 5 aromatic carbocycles. The van der Waals surface area contributed by atoms with Crippen LogP contribution in [0.3, 0.4) is 0 Å². The third-order valence-corrected chi connectivity index (χ3v) is 9.08. The van der Waals surface area contributed by atoms with Crippen LogP contribution in [-0.2, 0) is 0 Å². The molecule has 0 amide bonds. The van der Waals surface area contributed by atoms with Crippen molar-refractivity contribution in [1.29, 1.82) is 0 Å². The molecule has 0 saturated heterocycles. The van der Waals surface area contributed by atoms with Gasteiger partial charge in [-0.05, 0) is 54.8 Å². The largest absolute Gasteiger partial charge is 0.290 e. The van der Waals surface area contributed by atoms with E-state index in [1.165, 1.54) is 42.2 Å². The lowest BCUT2D eigenvalue weighted by Gasteiger charge is -2.12. The molecule has 0 aliphatic rings. The van der Waals surface area contributed by atoms with Crippen LogP contribution in [0.25, 0.3) is 70.3 Å². The molecule has 0 atom stereocenters. The fraction of sp³-hybridized carbons (Fsp3) is 0.0556. The predicted octanol–water partition coefficient (Wildman–Crippen LogP) is 9.89. The summed E-state index contributed by atoms with van der Waals surface area (Å²) in [4.78, 5) is 10.2. The Morgan fingerprint density at radius 1 is 0.625 bits per heavy atom. The fourth-order valence-electron chi connectivity index (χ4n) is 5.99. The number of fused-ring (bicyclic) bond motifs is 6. The maximum Gasteiger partial charge on any atom is 0.179 e. The van der Waals surface area contributed by atoms with E-state index in [0.717, 1.165) is 39.3 Å². The number of benzene rings is 5. The van der Waals surface area contributed by atoms with Gasteiger partial charge in [0.25, 0.3) is 0 Å². The molecular weight excluding hydrogens is 506 g/mol. The summed E-state index contributed by atoms with van der Waals surface area (Å²) in [5.74, 6) is 0.921. The van der Waals surface area contributed by atoms with Crippen LogP contribution in [0.15, 0.2) is 115 Å². The van der Waals surface area contributed by atoms with Crippen molar-refractivity contribution in [2.45, 2.75) is 13.8 Å². The first-order valence-electron chi connectivity index (χ1n) is 13.5. The van der Waals surface area contributed by atoms with Crippen LogP contribution in [0.5, 0.6) is 0 Å². The first-order valence-corrected chi connectivity index (χ1v) is 14.3. The molecule has 3 nitrogen and oxygen atoms in total. The van der Waals surface area contributed by atoms with E-state index in [1.54, 1.807) is 0 Å². The highest BCUT2D eigenvalue weighted by Crippen LogP contribution is 2.44. The standard InChI is InChI=1S/C36H25N3S/c1-22-17-19-30(34-32(22)29-20-18-25(21-31(29)40-34)24-11-5-3-6-12-24)36-38-35-33(39(36)26-13-7-4-8-14-26)28-16-10-9-15-27(28)23(2)37-35/h3-21H,1-2H3. The van der Waals surface area contributed by atoms with Crippen LogP contribution < -0.4 is 0 Å². The second-order valence-corrected chi connectivity index (χ2v) is 11.4. The number of aryl methyl sites for hydroxylation is 2. The molecule has 8 rings (SSSR count). The molecule has 3 aromatic heterocycles. The predicted molar refractivity (Wildman–Crippen MR) is 170 cm³/mol. The normalized spacial score (nSPS) is 11.8. The van der Waals surface area contributed by atoms with E-state index in [4.69, 9.17) is 9.97 Å². The van der Waals surface area contributed by atoms with Gasteiger partial charge in [-0.25, -0.2) is 9.97 Å². The summed E-state index contributed by atoms with van der Waals surface area (Å²) in [5.41, 5.74) is 8.78. The van der Waals surface area contributed by atoms with Gasteiger partial charge in [-0.15, -0.1) is 11.3 Å². The zero-order chi connectivity index (χ0) is 26.8. The summed E-state index contributed by atoms with van der Waals surface area (Å²) < 4.78 is 4.84. The van der Waals surface area contributed by atoms with Crippen LogP contribution >= 0.6 is 11.3 Å². The maximum absolute atomic E-state index is 5.24. The van der Waals surface area contributed by atoms with E-state index in [9.17, 15) is 0 Å². The topological polar surface area (TPSA) is 30.7 Å². The van der Waals surface area contributed by atoms with E-state index < -0.39 is 0 Å². The Bertz CT molecular complexity index is 2220. The van der Waals surface area contributed by atoms with Crippen LogP contribution in [0, 0.1) is 13.8 Å². The summed E-state index contributed by atoms with van der Waals surface area (Å²) in [6.07, 6.45) is 0. The first kappa shape index (κ1) is 23.1. The number of pyridine rings is 1. The fourth-order valence-corrected chi connectivity index (χ4v) is 7.32. The lowest BCUT2D eigenvalue weighted by Crippen LogP contribution is -1.98. The second-order valence-electron chi connectivity index (χ2n) is 10.3. The number of imidazole rings is 1. The zero-order valence-electron chi connectivity index (χ0n) is 22.2. The summed E-state index contributed by atoms with van der Waals surface area (Å²) in [7, 11) is 0. The number of hydrogen-bond donors (Lipinski definition) is 0. The van der Waals surface area contributed by atoms with E-state index in [1.807, 2.05) is 11.3 Å². The Kier molecular flexibility index (Phi) is 5.13. The van der Waals surface area contributed by atoms with Crippen LogP contribution in [0.1, 0.15) is 11.3 Å². The number of aromatic nitrogens is 3. The molecule has 0 bridgehead atoms. The van der Waals surface area contributed by atoms with Gasteiger partial charge in [-0.1, -0.05) is 91.0 Å². The molecule has 0 aliphatic carbocycles. The average molecular weight is 532 g/mol. The molecule has 0 unspecified atom stereocenters. The van der Waals surface area contributed by atoms with Gasteiger partial charge in [0.2, 0.25) is 0 Å². The van der Waals surface area contributed by atoms with Gasteiger partial charge in [0.1, 0.15) is 11.3 Å². The van der Waals surface area contributed by atoms with Crippen LogP contribution in [0.4, 0.5) is 0 Å². The highest BCUT2D eigenvalue weighted by atomic mass is 32.1. The second kappa shape index (κ2) is 8.87. The quantitative estimate of drug-likeness (QED) is 0.227. The lowest BCUT2D eigenvalue weighted by atomic mass is 10.0. The smallest absolute Gasteiger partial charge is 0.179 e. The van der Waals surface area contributed by atoms with Crippen molar-refractivity contribution in [3.63, 3.8) is 0 Å². The molecule has 4 heteroatoms. The minimum absolute atomic E-state index is 0.774. The molecule has 0 N–H and O–H groups in total. The first-order chi connectivity index (χ1) is 19.7. The van der Waals surface area contributed by atoms with Crippen LogP contribution in [0.2, 0.25) is 0 Å². The van der Waals surface area contributed by atoms with Crippen molar-refractivity contribution in [3.05, 3.63) is 127 Å². The average Bonchev–Trinajstić information content (AvgIpc) is 3.57. The number of para-hydroxylation sites is 1. The van der Waals surface area contributed by atoms with E-state index in [-0.39, 0.29) is 0 Å². The highest BCUT2D eigenvalue weighted by molar-refractivity contribution is 7.26. The molecule has 0 spiro atoms. The number of rotatable bonds is 3. The molecule has 0 fully saturated rings. The summed E-state index contributed by atoms with van der Waals surface area (Å²) >= 11 is 1.85. The molecule has 40 heavy (non-hydrogen) atoms.